The second-order valence-electron chi connectivity index (χ2n) is 2.78. The Morgan fingerprint density at radius 1 is 1.56 bits per heavy atom. The zero-order chi connectivity index (χ0) is 12.1. The number of halogens is 2. The molecular weight excluding hydrogens is 253 g/mol. The van der Waals surface area contributed by atoms with Crippen LogP contribution in [0.3, 0.4) is 0 Å². The van der Waals surface area contributed by atoms with Crippen molar-refractivity contribution in [1.29, 1.82) is 0 Å². The van der Waals surface area contributed by atoms with E-state index in [1.54, 1.807) is 6.92 Å². The van der Waals surface area contributed by atoms with Gasteiger partial charge in [0, 0.05) is 5.56 Å². The first-order valence-electron chi connectivity index (χ1n) is 4.44. The molecule has 0 unspecified atom stereocenters. The van der Waals surface area contributed by atoms with Gasteiger partial charge in [0.2, 0.25) is 0 Å². The molecule has 86 valence electrons. The van der Waals surface area contributed by atoms with Crippen LogP contribution in [0.1, 0.15) is 22.8 Å². The number of carboxylic acid groups (broad SMARTS) is 1. The average molecular weight is 262 g/mol. The fourth-order valence-corrected chi connectivity index (χ4v) is 1.57. The third-order valence-corrected chi connectivity index (χ3v) is 2.48. The lowest BCUT2D eigenvalue weighted by atomic mass is 10.1. The monoisotopic (exact) mass is 261 g/mol. The van der Waals surface area contributed by atoms with Crippen molar-refractivity contribution in [2.45, 2.75) is 6.92 Å². The van der Waals surface area contributed by atoms with Crippen LogP contribution in [-0.2, 0) is 4.84 Å². The molecule has 0 aliphatic carbocycles. The van der Waals surface area contributed by atoms with Gasteiger partial charge in [-0.3, -0.25) is 0 Å². The molecule has 4 nitrogen and oxygen atoms in total. The van der Waals surface area contributed by atoms with Gasteiger partial charge in [0.05, 0.1) is 21.8 Å². The number of aromatic carboxylic acids is 1. The second kappa shape index (κ2) is 5.72. The molecular formula is C10H9Cl2NO3. The van der Waals surface area contributed by atoms with Crippen molar-refractivity contribution in [3.8, 4) is 0 Å². The van der Waals surface area contributed by atoms with E-state index in [0.717, 1.165) is 0 Å². The van der Waals surface area contributed by atoms with Crippen LogP contribution in [0.5, 0.6) is 0 Å². The van der Waals surface area contributed by atoms with Gasteiger partial charge in [0.15, 0.2) is 0 Å². The summed E-state index contributed by atoms with van der Waals surface area (Å²) in [6, 6.07) is 2.79. The minimum atomic E-state index is -1.12. The summed E-state index contributed by atoms with van der Waals surface area (Å²) in [5, 5.41) is 12.8. The van der Waals surface area contributed by atoms with Crippen LogP contribution >= 0.6 is 23.2 Å². The summed E-state index contributed by atoms with van der Waals surface area (Å²) in [4.78, 5) is 15.6. The molecule has 0 bridgehead atoms. The lowest BCUT2D eigenvalue weighted by Gasteiger charge is -2.04. The predicted octanol–water partition coefficient (Wildman–Crippen LogP) is 3.06. The molecule has 0 spiro atoms. The van der Waals surface area contributed by atoms with Crippen molar-refractivity contribution in [2.24, 2.45) is 5.16 Å². The Morgan fingerprint density at radius 3 is 2.81 bits per heavy atom. The summed E-state index contributed by atoms with van der Waals surface area (Å²) in [7, 11) is 0. The maximum absolute atomic E-state index is 10.8. The van der Waals surface area contributed by atoms with E-state index in [4.69, 9.17) is 33.1 Å². The minimum absolute atomic E-state index is 0.0241. The maximum atomic E-state index is 10.8. The first-order valence-corrected chi connectivity index (χ1v) is 5.20. The summed E-state index contributed by atoms with van der Waals surface area (Å²) >= 11 is 11.7. The number of benzene rings is 1. The van der Waals surface area contributed by atoms with Crippen LogP contribution in [0.15, 0.2) is 17.3 Å². The Kier molecular flexibility index (Phi) is 4.58. The SMILES string of the molecule is CCO/N=C/c1c(Cl)ccc(C(=O)O)c1Cl. The largest absolute Gasteiger partial charge is 0.478 e. The molecule has 1 N–H and O–H groups in total. The third-order valence-electron chi connectivity index (χ3n) is 1.74. The Morgan fingerprint density at radius 2 is 2.25 bits per heavy atom. The summed E-state index contributed by atoms with van der Waals surface area (Å²) in [5.74, 6) is -1.12. The van der Waals surface area contributed by atoms with Crippen molar-refractivity contribution in [2.75, 3.05) is 6.61 Å². The van der Waals surface area contributed by atoms with E-state index >= 15 is 0 Å². The van der Waals surface area contributed by atoms with E-state index < -0.39 is 5.97 Å². The number of nitrogens with zero attached hydrogens (tertiary/aromatic N) is 1. The van der Waals surface area contributed by atoms with Gasteiger partial charge in [0.25, 0.3) is 0 Å². The summed E-state index contributed by atoms with van der Waals surface area (Å²) in [6.07, 6.45) is 1.29. The summed E-state index contributed by atoms with van der Waals surface area (Å²) in [6.45, 7) is 2.18. The number of carbonyl (C=O) groups is 1. The standard InChI is InChI=1S/C10H9Cl2NO3/c1-2-16-13-5-7-8(11)4-3-6(9(7)12)10(14)15/h3-5H,2H2,1H3,(H,14,15)/b13-5+. The number of hydrogen-bond donors (Lipinski definition) is 1. The lowest BCUT2D eigenvalue weighted by Crippen LogP contribution is -2.00. The van der Waals surface area contributed by atoms with Crippen molar-refractivity contribution in [3.63, 3.8) is 0 Å². The number of hydrogen-bond acceptors (Lipinski definition) is 3. The Hall–Kier alpha value is -1.26. The normalized spacial score (nSPS) is 10.7. The van der Waals surface area contributed by atoms with E-state index in [-0.39, 0.29) is 10.6 Å². The highest BCUT2D eigenvalue weighted by Gasteiger charge is 2.14. The van der Waals surface area contributed by atoms with Crippen molar-refractivity contribution in [3.05, 3.63) is 33.3 Å². The first-order chi connectivity index (χ1) is 7.57. The highest BCUT2D eigenvalue weighted by atomic mass is 35.5. The van der Waals surface area contributed by atoms with Crippen LogP contribution in [0, 0.1) is 0 Å². The number of rotatable bonds is 4. The van der Waals surface area contributed by atoms with Crippen LogP contribution in [0.2, 0.25) is 10.0 Å². The highest BCUT2D eigenvalue weighted by Crippen LogP contribution is 2.26. The van der Waals surface area contributed by atoms with Crippen molar-refractivity contribution in [1.82, 2.24) is 0 Å². The molecule has 0 aromatic heterocycles. The summed E-state index contributed by atoms with van der Waals surface area (Å²) < 4.78 is 0. The van der Waals surface area contributed by atoms with Crippen molar-refractivity contribution < 1.29 is 14.7 Å². The van der Waals surface area contributed by atoms with E-state index in [1.807, 2.05) is 0 Å². The molecule has 0 radical (unpaired) electrons. The zero-order valence-corrected chi connectivity index (χ0v) is 9.92. The fraction of sp³-hybridized carbons (Fsp3) is 0.200. The molecule has 6 heteroatoms. The molecule has 0 aliphatic heterocycles. The molecule has 0 saturated carbocycles. The Balaban J connectivity index is 3.16. The van der Waals surface area contributed by atoms with Gasteiger partial charge in [-0.2, -0.15) is 0 Å². The smallest absolute Gasteiger partial charge is 0.337 e. The molecule has 1 aromatic carbocycles. The predicted molar refractivity (Wildman–Crippen MR) is 62.6 cm³/mol. The zero-order valence-electron chi connectivity index (χ0n) is 8.41. The van der Waals surface area contributed by atoms with Crippen LogP contribution in [-0.4, -0.2) is 23.9 Å². The van der Waals surface area contributed by atoms with Gasteiger partial charge in [-0.15, -0.1) is 0 Å². The van der Waals surface area contributed by atoms with Crippen LogP contribution < -0.4 is 0 Å². The van der Waals surface area contributed by atoms with Gasteiger partial charge in [-0.05, 0) is 19.1 Å². The maximum Gasteiger partial charge on any atom is 0.337 e. The second-order valence-corrected chi connectivity index (χ2v) is 3.57. The molecule has 1 aromatic rings. The van der Waals surface area contributed by atoms with Gasteiger partial charge in [-0.1, -0.05) is 28.4 Å². The van der Waals surface area contributed by atoms with E-state index in [0.29, 0.717) is 17.2 Å². The molecule has 0 amide bonds. The van der Waals surface area contributed by atoms with Crippen LogP contribution in [0.25, 0.3) is 0 Å². The number of carboxylic acids is 1. The summed E-state index contributed by atoms with van der Waals surface area (Å²) in [5.41, 5.74) is 0.306. The molecule has 1 rings (SSSR count). The first kappa shape index (κ1) is 12.8. The highest BCUT2D eigenvalue weighted by molar-refractivity contribution is 6.40. The minimum Gasteiger partial charge on any atom is -0.478 e. The van der Waals surface area contributed by atoms with E-state index in [2.05, 4.69) is 5.16 Å². The molecule has 0 atom stereocenters. The molecule has 0 saturated heterocycles. The third kappa shape index (κ3) is 2.87. The van der Waals surface area contributed by atoms with Gasteiger partial charge < -0.3 is 9.94 Å². The molecule has 16 heavy (non-hydrogen) atoms. The topological polar surface area (TPSA) is 58.9 Å². The fourth-order valence-electron chi connectivity index (χ4n) is 1.02. The van der Waals surface area contributed by atoms with E-state index in [9.17, 15) is 4.79 Å². The Bertz CT molecular complexity index is 432. The van der Waals surface area contributed by atoms with Crippen molar-refractivity contribution >= 4 is 35.4 Å². The quantitative estimate of drug-likeness (QED) is 0.670. The van der Waals surface area contributed by atoms with Gasteiger partial charge in [-0.25, -0.2) is 4.79 Å². The van der Waals surface area contributed by atoms with Gasteiger partial charge in [0.1, 0.15) is 6.61 Å². The Labute approximate surface area is 102 Å². The van der Waals surface area contributed by atoms with Crippen LogP contribution in [0.4, 0.5) is 0 Å². The average Bonchev–Trinajstić information content (AvgIpc) is 2.22. The molecule has 0 heterocycles. The molecule has 0 aliphatic rings. The lowest BCUT2D eigenvalue weighted by molar-refractivity contribution is 0.0697. The molecule has 0 fully saturated rings. The van der Waals surface area contributed by atoms with Gasteiger partial charge >= 0.3 is 5.97 Å². The van der Waals surface area contributed by atoms with E-state index in [1.165, 1.54) is 18.3 Å². The number of oxime groups is 1.